The molecule has 4 N–H and O–H groups in total. The van der Waals surface area contributed by atoms with Crippen molar-refractivity contribution < 1.29 is 23.8 Å². The van der Waals surface area contributed by atoms with Crippen LogP contribution in [0.3, 0.4) is 0 Å². The summed E-state index contributed by atoms with van der Waals surface area (Å²) in [6.07, 6.45) is 0.105. The van der Waals surface area contributed by atoms with Gasteiger partial charge in [-0.05, 0) is 55.7 Å². The molecule has 2 aromatic rings. The Hall–Kier alpha value is -3.22. The van der Waals surface area contributed by atoms with Gasteiger partial charge in [0.05, 0.1) is 11.7 Å². The first-order valence-corrected chi connectivity index (χ1v) is 8.17. The minimum absolute atomic E-state index is 0.160. The second-order valence-electron chi connectivity index (χ2n) is 6.22. The molecule has 7 heteroatoms. The zero-order valence-electron chi connectivity index (χ0n) is 14.6. The van der Waals surface area contributed by atoms with Gasteiger partial charge < -0.3 is 25.7 Å². The van der Waals surface area contributed by atoms with Gasteiger partial charge in [-0.3, -0.25) is 9.59 Å². The van der Waals surface area contributed by atoms with E-state index in [2.05, 4.69) is 0 Å². The number of carbonyl (C=O) groups is 2. The molecule has 3 rings (SSSR count). The lowest BCUT2D eigenvalue weighted by atomic mass is 9.93. The van der Waals surface area contributed by atoms with E-state index in [-0.39, 0.29) is 30.4 Å². The van der Waals surface area contributed by atoms with Crippen molar-refractivity contribution in [3.63, 3.8) is 0 Å². The molecular weight excluding hydrogens is 336 g/mol. The van der Waals surface area contributed by atoms with Crippen LogP contribution in [0.2, 0.25) is 0 Å². The number of nitrogens with two attached hydrogens (primary N) is 2. The number of hydrogen-bond donors (Lipinski definition) is 2. The maximum absolute atomic E-state index is 12.1. The van der Waals surface area contributed by atoms with Gasteiger partial charge >= 0.3 is 0 Å². The summed E-state index contributed by atoms with van der Waals surface area (Å²) in [6.45, 7) is 3.84. The van der Waals surface area contributed by atoms with E-state index in [1.807, 2.05) is 19.9 Å². The van der Waals surface area contributed by atoms with Crippen molar-refractivity contribution in [3.05, 3.63) is 52.6 Å². The molecule has 0 aliphatic carbocycles. The molecular formula is C19H20N2O5. The average molecular weight is 356 g/mol. The summed E-state index contributed by atoms with van der Waals surface area (Å²) in [4.78, 5) is 24.0. The van der Waals surface area contributed by atoms with E-state index in [1.54, 1.807) is 24.3 Å². The van der Waals surface area contributed by atoms with Crippen LogP contribution in [0.15, 0.2) is 30.3 Å². The van der Waals surface area contributed by atoms with Gasteiger partial charge in [-0.25, -0.2) is 0 Å². The minimum atomic E-state index is -0.681. The Labute approximate surface area is 150 Å². The molecule has 0 spiro atoms. The van der Waals surface area contributed by atoms with E-state index in [9.17, 15) is 9.59 Å². The van der Waals surface area contributed by atoms with Crippen molar-refractivity contribution in [1.29, 1.82) is 0 Å². The molecule has 0 unspecified atom stereocenters. The summed E-state index contributed by atoms with van der Waals surface area (Å²) in [6, 6.07) is 8.50. The van der Waals surface area contributed by atoms with Crippen LogP contribution in [0.1, 0.15) is 45.7 Å². The molecule has 1 aliphatic rings. The Kier molecular flexibility index (Phi) is 4.71. The second-order valence-corrected chi connectivity index (χ2v) is 6.22. The Balaban J connectivity index is 2.10. The Morgan fingerprint density at radius 2 is 1.81 bits per heavy atom. The molecule has 0 radical (unpaired) electrons. The maximum Gasteiger partial charge on any atom is 0.252 e. The second kappa shape index (κ2) is 6.95. The van der Waals surface area contributed by atoms with Crippen LogP contribution in [0.4, 0.5) is 0 Å². The van der Waals surface area contributed by atoms with Gasteiger partial charge in [0.2, 0.25) is 12.7 Å². The highest BCUT2D eigenvalue weighted by molar-refractivity contribution is 6.03. The first-order chi connectivity index (χ1) is 12.4. The van der Waals surface area contributed by atoms with Gasteiger partial charge in [0, 0.05) is 5.56 Å². The molecule has 0 saturated carbocycles. The number of rotatable bonds is 6. The maximum atomic E-state index is 12.1. The van der Waals surface area contributed by atoms with E-state index in [0.29, 0.717) is 22.8 Å². The van der Waals surface area contributed by atoms with E-state index < -0.39 is 11.8 Å². The summed E-state index contributed by atoms with van der Waals surface area (Å²) in [5.74, 6) is 0.265. The van der Waals surface area contributed by atoms with E-state index in [1.165, 1.54) is 0 Å². The lowest BCUT2D eigenvalue weighted by Crippen LogP contribution is -2.22. The number of benzene rings is 2. The smallest absolute Gasteiger partial charge is 0.252 e. The van der Waals surface area contributed by atoms with Gasteiger partial charge in [-0.1, -0.05) is 6.07 Å². The third-order valence-electron chi connectivity index (χ3n) is 3.97. The molecule has 0 bridgehead atoms. The monoisotopic (exact) mass is 356 g/mol. The third-order valence-corrected chi connectivity index (χ3v) is 3.97. The topological polar surface area (TPSA) is 114 Å². The normalized spacial score (nSPS) is 12.3. The van der Waals surface area contributed by atoms with E-state index >= 15 is 0 Å². The summed E-state index contributed by atoms with van der Waals surface area (Å²) < 4.78 is 16.4. The highest BCUT2D eigenvalue weighted by Gasteiger charge is 2.23. The number of ether oxygens (including phenoxy) is 3. The number of primary amides is 2. The highest BCUT2D eigenvalue weighted by Crippen LogP contribution is 2.34. The minimum Gasteiger partial charge on any atom is -0.490 e. The van der Waals surface area contributed by atoms with Crippen LogP contribution in [0.25, 0.3) is 0 Å². The molecule has 136 valence electrons. The van der Waals surface area contributed by atoms with Gasteiger partial charge in [-0.15, -0.1) is 0 Å². The third kappa shape index (κ3) is 3.42. The lowest BCUT2D eigenvalue weighted by molar-refractivity contribution is 0.0993. The predicted octanol–water partition coefficient (Wildman–Crippen LogP) is 1.99. The molecule has 2 amide bonds. The summed E-state index contributed by atoms with van der Waals surface area (Å²) in [5, 5.41) is 0. The van der Waals surface area contributed by atoms with Crippen molar-refractivity contribution in [2.24, 2.45) is 11.5 Å². The Bertz CT molecular complexity index is 876. The fraction of sp³-hybridized carbons (Fsp3) is 0.263. The van der Waals surface area contributed by atoms with Crippen molar-refractivity contribution in [2.75, 3.05) is 6.79 Å². The zero-order valence-corrected chi connectivity index (χ0v) is 14.6. The predicted molar refractivity (Wildman–Crippen MR) is 94.6 cm³/mol. The summed E-state index contributed by atoms with van der Waals surface area (Å²) in [5.41, 5.74) is 12.7. The van der Waals surface area contributed by atoms with Gasteiger partial charge in [0.25, 0.3) is 5.91 Å². The molecule has 1 heterocycles. The standard InChI is InChI=1S/C19H20N2O5/c1-10(2)26-15-6-4-12(18(20)22)13(17(15)19(21)23)7-11-3-5-14-16(8-11)25-9-24-14/h3-6,8,10H,7,9H2,1-2H3,(H2,20,22)(H2,21,23). The molecule has 0 fully saturated rings. The van der Waals surface area contributed by atoms with Crippen LogP contribution >= 0.6 is 0 Å². The molecule has 0 atom stereocenters. The van der Waals surface area contributed by atoms with Crippen LogP contribution in [-0.2, 0) is 6.42 Å². The van der Waals surface area contributed by atoms with Crippen LogP contribution in [-0.4, -0.2) is 24.7 Å². The molecule has 0 saturated heterocycles. The number of amides is 2. The number of fused-ring (bicyclic) bond motifs is 1. The van der Waals surface area contributed by atoms with Crippen molar-refractivity contribution in [3.8, 4) is 17.2 Å². The fourth-order valence-electron chi connectivity index (χ4n) is 2.92. The summed E-state index contributed by atoms with van der Waals surface area (Å²) >= 11 is 0. The van der Waals surface area contributed by atoms with Crippen molar-refractivity contribution >= 4 is 11.8 Å². The zero-order chi connectivity index (χ0) is 18.8. The molecule has 2 aromatic carbocycles. The average Bonchev–Trinajstić information content (AvgIpc) is 3.01. The molecule has 0 aromatic heterocycles. The Morgan fingerprint density at radius 3 is 2.46 bits per heavy atom. The van der Waals surface area contributed by atoms with Crippen molar-refractivity contribution in [1.82, 2.24) is 0 Å². The van der Waals surface area contributed by atoms with Gasteiger partial charge in [-0.2, -0.15) is 0 Å². The molecule has 26 heavy (non-hydrogen) atoms. The molecule has 7 nitrogen and oxygen atoms in total. The largest absolute Gasteiger partial charge is 0.490 e. The first-order valence-electron chi connectivity index (χ1n) is 8.17. The fourth-order valence-corrected chi connectivity index (χ4v) is 2.92. The van der Waals surface area contributed by atoms with E-state index in [0.717, 1.165) is 5.56 Å². The number of hydrogen-bond acceptors (Lipinski definition) is 5. The summed E-state index contributed by atoms with van der Waals surface area (Å²) in [7, 11) is 0. The van der Waals surface area contributed by atoms with Crippen molar-refractivity contribution in [2.45, 2.75) is 26.4 Å². The molecule has 1 aliphatic heterocycles. The van der Waals surface area contributed by atoms with Gasteiger partial charge in [0.15, 0.2) is 11.5 Å². The first kappa shape index (κ1) is 17.6. The lowest BCUT2D eigenvalue weighted by Gasteiger charge is -2.18. The van der Waals surface area contributed by atoms with Crippen LogP contribution in [0, 0.1) is 0 Å². The highest BCUT2D eigenvalue weighted by atomic mass is 16.7. The van der Waals surface area contributed by atoms with Crippen LogP contribution in [0.5, 0.6) is 17.2 Å². The Morgan fingerprint density at radius 1 is 1.08 bits per heavy atom. The number of carbonyl (C=O) groups excluding carboxylic acids is 2. The quantitative estimate of drug-likeness (QED) is 0.821. The SMILES string of the molecule is CC(C)Oc1ccc(C(N)=O)c(Cc2ccc3c(c2)OCO3)c1C(N)=O. The van der Waals surface area contributed by atoms with Crippen LogP contribution < -0.4 is 25.7 Å². The van der Waals surface area contributed by atoms with Gasteiger partial charge in [0.1, 0.15) is 5.75 Å². The van der Waals surface area contributed by atoms with E-state index in [4.69, 9.17) is 25.7 Å².